The molecule has 5 aromatic rings. The number of nitrogens with one attached hydrogen (secondary N) is 3. The summed E-state index contributed by atoms with van der Waals surface area (Å²) in [4.78, 5) is 43.0. The van der Waals surface area contributed by atoms with Crippen molar-refractivity contribution in [2.45, 2.75) is 6.42 Å². The van der Waals surface area contributed by atoms with Crippen LogP contribution in [0.1, 0.15) is 16.8 Å². The van der Waals surface area contributed by atoms with Gasteiger partial charge in [0.2, 0.25) is 11.8 Å². The normalized spacial score (nSPS) is 13.4. The lowest BCUT2D eigenvalue weighted by atomic mass is 10.1. The number of hydrogen-bond donors (Lipinski definition) is 3. The van der Waals surface area contributed by atoms with Crippen LogP contribution < -0.4 is 15.5 Å². The maximum atomic E-state index is 13.1. The van der Waals surface area contributed by atoms with Gasteiger partial charge in [0.15, 0.2) is 0 Å². The van der Waals surface area contributed by atoms with Gasteiger partial charge in [0.25, 0.3) is 5.91 Å². The molecule has 1 aliphatic rings. The van der Waals surface area contributed by atoms with E-state index < -0.39 is 0 Å². The number of para-hydroxylation sites is 1. The molecule has 0 radical (unpaired) electrons. The molecular formula is C28H20N4O3. The SMILES string of the molecule is O=C1CC(=O)N(c2ccc(NC(=O)c3c[nH]c4ccccc34)cc2)c2ccc3ccccc3c2N1. The summed E-state index contributed by atoms with van der Waals surface area (Å²) in [6.45, 7) is 0. The van der Waals surface area contributed by atoms with Crippen molar-refractivity contribution in [2.75, 3.05) is 15.5 Å². The molecule has 0 fully saturated rings. The summed E-state index contributed by atoms with van der Waals surface area (Å²) >= 11 is 0. The molecule has 7 nitrogen and oxygen atoms in total. The minimum Gasteiger partial charge on any atom is -0.360 e. The van der Waals surface area contributed by atoms with Crippen LogP contribution in [0.5, 0.6) is 0 Å². The molecule has 0 saturated heterocycles. The zero-order chi connectivity index (χ0) is 23.9. The number of benzene rings is 4. The van der Waals surface area contributed by atoms with Crippen molar-refractivity contribution in [3.05, 3.63) is 96.7 Å². The van der Waals surface area contributed by atoms with Crippen molar-refractivity contribution in [1.29, 1.82) is 0 Å². The third-order valence-corrected chi connectivity index (χ3v) is 6.19. The Morgan fingerprint density at radius 3 is 2.40 bits per heavy atom. The lowest BCUT2D eigenvalue weighted by Gasteiger charge is -2.23. The van der Waals surface area contributed by atoms with E-state index in [2.05, 4.69) is 15.6 Å². The monoisotopic (exact) mass is 460 g/mol. The summed E-state index contributed by atoms with van der Waals surface area (Å²) in [5, 5.41) is 8.49. The Morgan fingerprint density at radius 1 is 0.829 bits per heavy atom. The van der Waals surface area contributed by atoms with Crippen LogP contribution in [0, 0.1) is 0 Å². The quantitative estimate of drug-likeness (QED) is 0.307. The van der Waals surface area contributed by atoms with Crippen LogP contribution in [0.2, 0.25) is 0 Å². The largest absolute Gasteiger partial charge is 0.360 e. The number of rotatable bonds is 3. The van der Waals surface area contributed by atoms with Crippen LogP contribution in [0.4, 0.5) is 22.7 Å². The summed E-state index contributed by atoms with van der Waals surface area (Å²) in [5.41, 5.74) is 3.86. The zero-order valence-electron chi connectivity index (χ0n) is 18.5. The molecule has 0 spiro atoms. The zero-order valence-corrected chi connectivity index (χ0v) is 18.5. The minimum absolute atomic E-state index is 0.229. The summed E-state index contributed by atoms with van der Waals surface area (Å²) in [6, 6.07) is 26.1. The number of aromatic nitrogens is 1. The first kappa shape index (κ1) is 20.7. The van der Waals surface area contributed by atoms with Crippen molar-refractivity contribution in [3.8, 4) is 0 Å². The Balaban J connectivity index is 1.33. The standard InChI is InChI=1S/C28H20N4O3/c33-25-15-26(34)32(24-14-9-17-5-1-2-6-20(17)27(24)31-25)19-12-10-18(11-13-19)30-28(35)22-16-29-23-8-4-3-7-21(22)23/h1-14,16,29H,15H2,(H,30,35)(H,31,33). The van der Waals surface area contributed by atoms with Crippen LogP contribution >= 0.6 is 0 Å². The molecule has 0 saturated carbocycles. The highest BCUT2D eigenvalue weighted by Crippen LogP contribution is 2.40. The first-order valence-corrected chi connectivity index (χ1v) is 11.2. The minimum atomic E-state index is -0.349. The van der Waals surface area contributed by atoms with E-state index in [1.165, 1.54) is 0 Å². The maximum absolute atomic E-state index is 13.1. The lowest BCUT2D eigenvalue weighted by Crippen LogP contribution is -2.26. The molecule has 6 rings (SSSR count). The van der Waals surface area contributed by atoms with E-state index >= 15 is 0 Å². The molecule has 0 aliphatic carbocycles. The molecule has 0 atom stereocenters. The van der Waals surface area contributed by atoms with E-state index in [0.717, 1.165) is 21.7 Å². The Hall–Kier alpha value is -4.91. The molecule has 7 heteroatoms. The summed E-state index contributed by atoms with van der Waals surface area (Å²) in [7, 11) is 0. The van der Waals surface area contributed by atoms with Gasteiger partial charge in [0.05, 0.1) is 16.9 Å². The van der Waals surface area contributed by atoms with Crippen LogP contribution in [0.25, 0.3) is 21.7 Å². The molecule has 0 bridgehead atoms. The van der Waals surface area contributed by atoms with Gasteiger partial charge >= 0.3 is 0 Å². The number of nitrogens with zero attached hydrogens (tertiary/aromatic N) is 1. The van der Waals surface area contributed by atoms with Gasteiger partial charge in [0, 0.05) is 33.9 Å². The van der Waals surface area contributed by atoms with E-state index in [4.69, 9.17) is 0 Å². The topological polar surface area (TPSA) is 94.3 Å². The van der Waals surface area contributed by atoms with Gasteiger partial charge in [-0.05, 0) is 41.8 Å². The number of amides is 3. The molecule has 35 heavy (non-hydrogen) atoms. The molecule has 3 amide bonds. The van der Waals surface area contributed by atoms with Crippen molar-refractivity contribution in [3.63, 3.8) is 0 Å². The number of carbonyl (C=O) groups is 3. The van der Waals surface area contributed by atoms with Gasteiger partial charge in [-0.3, -0.25) is 19.3 Å². The van der Waals surface area contributed by atoms with Crippen LogP contribution in [0.15, 0.2) is 91.1 Å². The molecular weight excluding hydrogens is 440 g/mol. The van der Waals surface area contributed by atoms with E-state index in [1.807, 2.05) is 60.7 Å². The fourth-order valence-electron chi connectivity index (χ4n) is 4.55. The van der Waals surface area contributed by atoms with E-state index in [-0.39, 0.29) is 24.1 Å². The number of fused-ring (bicyclic) bond motifs is 4. The summed E-state index contributed by atoms with van der Waals surface area (Å²) in [5.74, 6) is -0.905. The van der Waals surface area contributed by atoms with Crippen molar-refractivity contribution in [1.82, 2.24) is 4.98 Å². The second-order valence-corrected chi connectivity index (χ2v) is 8.38. The molecule has 1 aliphatic heterocycles. The second-order valence-electron chi connectivity index (χ2n) is 8.38. The van der Waals surface area contributed by atoms with Crippen molar-refractivity contribution >= 4 is 62.1 Å². The van der Waals surface area contributed by atoms with Gasteiger partial charge in [-0.25, -0.2) is 0 Å². The Kier molecular flexibility index (Phi) is 4.81. The predicted molar refractivity (Wildman–Crippen MR) is 137 cm³/mol. The highest BCUT2D eigenvalue weighted by molar-refractivity contribution is 6.21. The molecule has 170 valence electrons. The average molecular weight is 460 g/mol. The highest BCUT2D eigenvalue weighted by atomic mass is 16.2. The fourth-order valence-corrected chi connectivity index (χ4v) is 4.55. The number of hydrogen-bond acceptors (Lipinski definition) is 3. The van der Waals surface area contributed by atoms with E-state index in [0.29, 0.717) is 28.3 Å². The van der Waals surface area contributed by atoms with Crippen LogP contribution in [-0.4, -0.2) is 22.7 Å². The molecule has 4 aromatic carbocycles. The Morgan fingerprint density at radius 2 is 1.57 bits per heavy atom. The average Bonchev–Trinajstić information content (AvgIpc) is 3.25. The molecule has 3 N–H and O–H groups in total. The van der Waals surface area contributed by atoms with Crippen LogP contribution in [0.3, 0.4) is 0 Å². The third-order valence-electron chi connectivity index (χ3n) is 6.19. The molecule has 1 aromatic heterocycles. The van der Waals surface area contributed by atoms with Crippen molar-refractivity contribution < 1.29 is 14.4 Å². The number of aromatic amines is 1. The predicted octanol–water partition coefficient (Wildman–Crippen LogP) is 5.58. The summed E-state index contributed by atoms with van der Waals surface area (Å²) in [6.07, 6.45) is 1.43. The van der Waals surface area contributed by atoms with E-state index in [1.54, 1.807) is 35.4 Å². The van der Waals surface area contributed by atoms with Gasteiger partial charge in [-0.15, -0.1) is 0 Å². The first-order chi connectivity index (χ1) is 17.1. The number of anilines is 4. The van der Waals surface area contributed by atoms with Gasteiger partial charge in [-0.2, -0.15) is 0 Å². The van der Waals surface area contributed by atoms with Gasteiger partial charge in [-0.1, -0.05) is 48.5 Å². The van der Waals surface area contributed by atoms with E-state index in [9.17, 15) is 14.4 Å². The number of carbonyl (C=O) groups excluding carboxylic acids is 3. The van der Waals surface area contributed by atoms with Crippen LogP contribution in [-0.2, 0) is 9.59 Å². The molecule has 0 unspecified atom stereocenters. The fraction of sp³-hybridized carbons (Fsp3) is 0.0357. The van der Waals surface area contributed by atoms with Gasteiger partial charge < -0.3 is 15.6 Å². The lowest BCUT2D eigenvalue weighted by molar-refractivity contribution is -0.124. The Labute approximate surface area is 200 Å². The highest BCUT2D eigenvalue weighted by Gasteiger charge is 2.28. The molecule has 2 heterocycles. The summed E-state index contributed by atoms with van der Waals surface area (Å²) < 4.78 is 0. The smallest absolute Gasteiger partial charge is 0.257 e. The number of H-pyrrole nitrogens is 1. The second kappa shape index (κ2) is 8.14. The van der Waals surface area contributed by atoms with Gasteiger partial charge in [0.1, 0.15) is 6.42 Å². The van der Waals surface area contributed by atoms with Crippen molar-refractivity contribution in [2.24, 2.45) is 0 Å². The Bertz CT molecular complexity index is 1640. The third kappa shape index (κ3) is 3.59. The first-order valence-electron chi connectivity index (χ1n) is 11.2. The maximum Gasteiger partial charge on any atom is 0.257 e.